The van der Waals surface area contributed by atoms with Crippen LogP contribution in [0.15, 0.2) is 48.5 Å². The van der Waals surface area contributed by atoms with Crippen LogP contribution in [-0.2, 0) is 0 Å². The average molecular weight is 327 g/mol. The molecule has 0 aliphatic rings. The van der Waals surface area contributed by atoms with Crippen LogP contribution in [0.4, 0.5) is 5.69 Å². The summed E-state index contributed by atoms with van der Waals surface area (Å²) in [5.74, 6) is 0.350. The number of carbonyl (C=O) groups excluding carboxylic acids is 1. The van der Waals surface area contributed by atoms with Crippen molar-refractivity contribution in [3.63, 3.8) is 0 Å². The third-order valence-electron chi connectivity index (χ3n) is 3.53. The van der Waals surface area contributed by atoms with Crippen LogP contribution < -0.4 is 10.1 Å². The van der Waals surface area contributed by atoms with E-state index >= 15 is 0 Å². The quantitative estimate of drug-likeness (QED) is 0.723. The van der Waals surface area contributed by atoms with Gasteiger partial charge < -0.3 is 10.1 Å². The fraction of sp³-hybridized carbons (Fsp3) is 0.111. The van der Waals surface area contributed by atoms with E-state index < -0.39 is 0 Å². The molecule has 0 fully saturated rings. The van der Waals surface area contributed by atoms with Gasteiger partial charge in [0.2, 0.25) is 0 Å². The van der Waals surface area contributed by atoms with E-state index in [-0.39, 0.29) is 11.1 Å². The molecule has 0 spiro atoms. The van der Waals surface area contributed by atoms with Crippen LogP contribution in [0, 0.1) is 6.92 Å². The number of fused-ring (bicyclic) bond motifs is 1. The number of para-hydroxylation sites is 1. The Morgan fingerprint density at radius 3 is 2.74 bits per heavy atom. The first kappa shape index (κ1) is 15.3. The molecule has 0 radical (unpaired) electrons. The molecule has 0 bridgehead atoms. The first-order valence-electron chi connectivity index (χ1n) is 7.10. The van der Waals surface area contributed by atoms with Gasteiger partial charge in [0.05, 0.1) is 23.9 Å². The zero-order chi connectivity index (χ0) is 16.4. The summed E-state index contributed by atoms with van der Waals surface area (Å²) in [7, 11) is 1.57. The van der Waals surface area contributed by atoms with Crippen LogP contribution in [-0.4, -0.2) is 18.0 Å². The highest BCUT2D eigenvalue weighted by Gasteiger charge is 2.14. The van der Waals surface area contributed by atoms with Crippen molar-refractivity contribution in [2.75, 3.05) is 12.4 Å². The van der Waals surface area contributed by atoms with Crippen molar-refractivity contribution < 1.29 is 9.53 Å². The Morgan fingerprint density at radius 1 is 1.17 bits per heavy atom. The van der Waals surface area contributed by atoms with Gasteiger partial charge in [-0.05, 0) is 36.8 Å². The van der Waals surface area contributed by atoms with E-state index in [9.17, 15) is 4.79 Å². The summed E-state index contributed by atoms with van der Waals surface area (Å²) < 4.78 is 5.30. The molecular formula is C18H15ClN2O2. The molecule has 0 saturated heterocycles. The molecule has 116 valence electrons. The second kappa shape index (κ2) is 6.26. The minimum Gasteiger partial charge on any atom is -0.495 e. The van der Waals surface area contributed by atoms with E-state index in [0.29, 0.717) is 22.5 Å². The number of halogens is 1. The fourth-order valence-electron chi connectivity index (χ4n) is 2.44. The van der Waals surface area contributed by atoms with E-state index in [1.807, 2.05) is 49.4 Å². The summed E-state index contributed by atoms with van der Waals surface area (Å²) >= 11 is 6.04. The van der Waals surface area contributed by atoms with Gasteiger partial charge in [-0.15, -0.1) is 0 Å². The van der Waals surface area contributed by atoms with Gasteiger partial charge in [0, 0.05) is 5.39 Å². The lowest BCUT2D eigenvalue weighted by molar-refractivity contribution is 0.102. The molecule has 0 saturated carbocycles. The zero-order valence-electron chi connectivity index (χ0n) is 12.8. The molecule has 4 nitrogen and oxygen atoms in total. The van der Waals surface area contributed by atoms with Crippen LogP contribution in [0.1, 0.15) is 15.9 Å². The van der Waals surface area contributed by atoms with Gasteiger partial charge >= 0.3 is 0 Å². The molecule has 1 aromatic heterocycles. The molecule has 0 unspecified atom stereocenters. The molecule has 0 aliphatic carbocycles. The highest BCUT2D eigenvalue weighted by atomic mass is 35.5. The second-order valence-electron chi connectivity index (χ2n) is 5.17. The Bertz CT molecular complexity index is 893. The Labute approximate surface area is 139 Å². The number of rotatable bonds is 3. The monoisotopic (exact) mass is 326 g/mol. The lowest BCUT2D eigenvalue weighted by atomic mass is 10.1. The van der Waals surface area contributed by atoms with Crippen LogP contribution in [0.5, 0.6) is 5.75 Å². The number of aryl methyl sites for hydroxylation is 1. The highest BCUT2D eigenvalue weighted by molar-refractivity contribution is 6.30. The van der Waals surface area contributed by atoms with Crippen molar-refractivity contribution in [2.24, 2.45) is 0 Å². The minimum atomic E-state index is -0.255. The van der Waals surface area contributed by atoms with Crippen LogP contribution >= 0.6 is 11.6 Å². The van der Waals surface area contributed by atoms with Gasteiger partial charge in [-0.25, -0.2) is 4.98 Å². The number of nitrogens with one attached hydrogen (secondary N) is 1. The standard InChI is InChI=1S/C18H15ClN2O2/c1-11-7-8-16(23-2)15(9-11)21-18(22)13-10-17(19)20-14-6-4-3-5-12(13)14/h3-10H,1-2H3,(H,21,22). The Balaban J connectivity index is 2.03. The van der Waals surface area contributed by atoms with E-state index in [1.165, 1.54) is 0 Å². The molecule has 0 atom stereocenters. The average Bonchev–Trinajstić information content (AvgIpc) is 2.54. The molecule has 2 aromatic carbocycles. The summed E-state index contributed by atoms with van der Waals surface area (Å²) in [4.78, 5) is 16.9. The van der Waals surface area contributed by atoms with Gasteiger partial charge in [0.15, 0.2) is 0 Å². The number of hydrogen-bond acceptors (Lipinski definition) is 3. The first-order chi connectivity index (χ1) is 11.1. The van der Waals surface area contributed by atoms with Crippen molar-refractivity contribution in [1.82, 2.24) is 4.98 Å². The number of ether oxygens (including phenoxy) is 1. The summed E-state index contributed by atoms with van der Waals surface area (Å²) in [5.41, 5.74) is 2.80. The van der Waals surface area contributed by atoms with Crippen molar-refractivity contribution >= 4 is 34.1 Å². The predicted octanol–water partition coefficient (Wildman–Crippen LogP) is 4.46. The lowest BCUT2D eigenvalue weighted by Gasteiger charge is -2.12. The van der Waals surface area contributed by atoms with Crippen molar-refractivity contribution in [3.05, 3.63) is 64.8 Å². The molecule has 3 rings (SSSR count). The first-order valence-corrected chi connectivity index (χ1v) is 7.47. The summed E-state index contributed by atoms with van der Waals surface area (Å²) in [6, 6.07) is 14.6. The largest absolute Gasteiger partial charge is 0.495 e. The SMILES string of the molecule is COc1ccc(C)cc1NC(=O)c1cc(Cl)nc2ccccc12. The maximum absolute atomic E-state index is 12.7. The number of anilines is 1. The Morgan fingerprint density at radius 2 is 1.96 bits per heavy atom. The maximum Gasteiger partial charge on any atom is 0.256 e. The Kier molecular flexibility index (Phi) is 4.17. The van der Waals surface area contributed by atoms with E-state index in [4.69, 9.17) is 16.3 Å². The molecule has 3 aromatic rings. The topological polar surface area (TPSA) is 51.2 Å². The maximum atomic E-state index is 12.7. The third-order valence-corrected chi connectivity index (χ3v) is 3.73. The summed E-state index contributed by atoms with van der Waals surface area (Å²) in [6.07, 6.45) is 0. The molecule has 0 aliphatic heterocycles. The molecule has 23 heavy (non-hydrogen) atoms. The number of amides is 1. The van der Waals surface area contributed by atoms with Crippen LogP contribution in [0.2, 0.25) is 5.15 Å². The number of carbonyl (C=O) groups is 1. The fourth-order valence-corrected chi connectivity index (χ4v) is 2.64. The smallest absolute Gasteiger partial charge is 0.256 e. The highest BCUT2D eigenvalue weighted by Crippen LogP contribution is 2.27. The number of nitrogens with zero attached hydrogens (tertiary/aromatic N) is 1. The van der Waals surface area contributed by atoms with E-state index in [0.717, 1.165) is 10.9 Å². The number of methoxy groups -OCH3 is 1. The zero-order valence-corrected chi connectivity index (χ0v) is 13.5. The molecule has 1 N–H and O–H groups in total. The van der Waals surface area contributed by atoms with E-state index in [1.54, 1.807) is 13.2 Å². The summed E-state index contributed by atoms with van der Waals surface area (Å²) in [6.45, 7) is 1.95. The van der Waals surface area contributed by atoms with Gasteiger partial charge in [0.1, 0.15) is 10.9 Å². The molecule has 1 amide bonds. The van der Waals surface area contributed by atoms with Gasteiger partial charge in [-0.3, -0.25) is 4.79 Å². The lowest BCUT2D eigenvalue weighted by Crippen LogP contribution is -2.13. The Hall–Kier alpha value is -2.59. The third kappa shape index (κ3) is 3.12. The molecular weight excluding hydrogens is 312 g/mol. The number of benzene rings is 2. The number of hydrogen-bond donors (Lipinski definition) is 1. The van der Waals surface area contributed by atoms with Crippen molar-refractivity contribution in [3.8, 4) is 5.75 Å². The predicted molar refractivity (Wildman–Crippen MR) is 92.4 cm³/mol. The van der Waals surface area contributed by atoms with E-state index in [2.05, 4.69) is 10.3 Å². The molecule has 1 heterocycles. The van der Waals surface area contributed by atoms with Gasteiger partial charge in [0.25, 0.3) is 5.91 Å². The normalized spacial score (nSPS) is 10.6. The minimum absolute atomic E-state index is 0.255. The summed E-state index contributed by atoms with van der Waals surface area (Å²) in [5, 5.41) is 3.92. The van der Waals surface area contributed by atoms with Crippen molar-refractivity contribution in [1.29, 1.82) is 0 Å². The van der Waals surface area contributed by atoms with Gasteiger partial charge in [-0.1, -0.05) is 35.9 Å². The van der Waals surface area contributed by atoms with Crippen LogP contribution in [0.25, 0.3) is 10.9 Å². The molecule has 5 heteroatoms. The van der Waals surface area contributed by atoms with Crippen LogP contribution in [0.3, 0.4) is 0 Å². The van der Waals surface area contributed by atoms with Crippen molar-refractivity contribution in [2.45, 2.75) is 6.92 Å². The number of aromatic nitrogens is 1. The van der Waals surface area contributed by atoms with Gasteiger partial charge in [-0.2, -0.15) is 0 Å². The number of pyridine rings is 1. The second-order valence-corrected chi connectivity index (χ2v) is 5.55.